The molecule has 0 bridgehead atoms. The van der Waals surface area contributed by atoms with Crippen molar-refractivity contribution in [3.8, 4) is 0 Å². The van der Waals surface area contributed by atoms with Crippen molar-refractivity contribution in [3.05, 3.63) is 36.0 Å². The molecule has 3 nitrogen and oxygen atoms in total. The maximum absolute atomic E-state index is 10.8. The molecule has 90 valence electrons. The fraction of sp³-hybridized carbons (Fsp3) is 0.357. The number of carbonyl (C=O) groups excluding carboxylic acids is 1. The predicted molar refractivity (Wildman–Crippen MR) is 65.4 cm³/mol. The molecule has 0 aliphatic rings. The molecule has 1 aromatic carbocycles. The van der Waals surface area contributed by atoms with Gasteiger partial charge in [-0.1, -0.05) is 25.1 Å². The van der Waals surface area contributed by atoms with Crippen LogP contribution in [0.1, 0.15) is 25.3 Å². The molecule has 3 heteroatoms. The van der Waals surface area contributed by atoms with Crippen LogP contribution in [-0.4, -0.2) is 11.0 Å². The summed E-state index contributed by atoms with van der Waals surface area (Å²) in [6, 6.07) is 8.06. The number of rotatable bonds is 5. The normalized spacial score (nSPS) is 12.8. The molecule has 1 heterocycles. The molecule has 0 radical (unpaired) electrons. The van der Waals surface area contributed by atoms with Crippen LogP contribution >= 0.6 is 0 Å². The number of fused-ring (bicyclic) bond motifs is 1. The Bertz CT molecular complexity index is 516. The lowest BCUT2D eigenvalue weighted by atomic mass is 9.97. The van der Waals surface area contributed by atoms with Crippen molar-refractivity contribution in [1.29, 1.82) is 0 Å². The minimum atomic E-state index is -0.938. The van der Waals surface area contributed by atoms with Crippen LogP contribution in [0.25, 0.3) is 10.9 Å². The molecular weight excluding hydrogens is 214 g/mol. The molecule has 1 N–H and O–H groups in total. The van der Waals surface area contributed by atoms with E-state index >= 15 is 0 Å². The number of aromatic nitrogens is 1. The average Bonchev–Trinajstić information content (AvgIpc) is 2.73. The lowest BCUT2D eigenvalue weighted by Crippen LogP contribution is -2.31. The van der Waals surface area contributed by atoms with Gasteiger partial charge < -0.3 is 14.9 Å². The molecule has 2 aromatic rings. The third kappa shape index (κ3) is 2.49. The molecular formula is C14H16NO2-. The lowest BCUT2D eigenvalue weighted by Gasteiger charge is -2.15. The van der Waals surface area contributed by atoms with Crippen LogP contribution in [0.5, 0.6) is 0 Å². The third-order valence-corrected chi connectivity index (χ3v) is 3.26. The molecule has 1 aromatic heterocycles. The maximum Gasteiger partial charge on any atom is 0.0456 e. The molecule has 0 spiro atoms. The second-order valence-electron chi connectivity index (χ2n) is 4.32. The number of carboxylic acids is 1. The number of nitrogens with one attached hydrogen (secondary N) is 1. The highest BCUT2D eigenvalue weighted by atomic mass is 16.4. The lowest BCUT2D eigenvalue weighted by molar-refractivity contribution is -0.311. The van der Waals surface area contributed by atoms with Gasteiger partial charge >= 0.3 is 0 Å². The highest BCUT2D eigenvalue weighted by Gasteiger charge is 2.09. The van der Waals surface area contributed by atoms with E-state index in [1.54, 1.807) is 0 Å². The molecule has 17 heavy (non-hydrogen) atoms. The van der Waals surface area contributed by atoms with E-state index < -0.39 is 5.97 Å². The largest absolute Gasteiger partial charge is 0.550 e. The zero-order valence-corrected chi connectivity index (χ0v) is 9.90. The Morgan fingerprint density at radius 3 is 2.88 bits per heavy atom. The van der Waals surface area contributed by atoms with Crippen molar-refractivity contribution in [2.24, 2.45) is 5.92 Å². The number of carboxylic acid groups (broad SMARTS) is 1. The van der Waals surface area contributed by atoms with E-state index in [-0.39, 0.29) is 5.92 Å². The van der Waals surface area contributed by atoms with E-state index in [2.05, 4.69) is 11.1 Å². The number of hydrogen-bond acceptors (Lipinski definition) is 2. The number of para-hydroxylation sites is 1. The minimum Gasteiger partial charge on any atom is -0.550 e. The van der Waals surface area contributed by atoms with Gasteiger partial charge in [-0.25, -0.2) is 0 Å². The highest BCUT2D eigenvalue weighted by Crippen LogP contribution is 2.21. The fourth-order valence-corrected chi connectivity index (χ4v) is 2.16. The standard InChI is InChI=1S/C14H17NO2/c1-2-10(14(16)17)7-8-11-9-15-13-6-4-3-5-12(11)13/h3-6,9-10,15H,2,7-8H2,1H3,(H,16,17)/p-1. The van der Waals surface area contributed by atoms with Gasteiger partial charge in [0.2, 0.25) is 0 Å². The van der Waals surface area contributed by atoms with Crippen LogP contribution in [0.3, 0.4) is 0 Å². The van der Waals surface area contributed by atoms with Crippen molar-refractivity contribution < 1.29 is 9.90 Å². The van der Waals surface area contributed by atoms with E-state index in [1.807, 2.05) is 31.3 Å². The molecule has 1 atom stereocenters. The summed E-state index contributed by atoms with van der Waals surface area (Å²) in [6.07, 6.45) is 4.01. The van der Waals surface area contributed by atoms with E-state index in [0.29, 0.717) is 12.8 Å². The molecule has 0 saturated heterocycles. The molecule has 0 aliphatic heterocycles. The number of aliphatic carboxylic acids is 1. The number of benzene rings is 1. The van der Waals surface area contributed by atoms with Crippen LogP contribution < -0.4 is 5.11 Å². The Balaban J connectivity index is 2.11. The van der Waals surface area contributed by atoms with Gasteiger partial charge in [0.15, 0.2) is 0 Å². The van der Waals surface area contributed by atoms with E-state index in [4.69, 9.17) is 0 Å². The summed E-state index contributed by atoms with van der Waals surface area (Å²) in [4.78, 5) is 14.0. The number of carbonyl (C=O) groups is 1. The van der Waals surface area contributed by atoms with Gasteiger partial charge in [-0.3, -0.25) is 0 Å². The number of H-pyrrole nitrogens is 1. The van der Waals surface area contributed by atoms with Crippen LogP contribution in [0.4, 0.5) is 0 Å². The second-order valence-corrected chi connectivity index (χ2v) is 4.32. The van der Waals surface area contributed by atoms with E-state index in [1.165, 1.54) is 10.9 Å². The van der Waals surface area contributed by atoms with Crippen molar-refractivity contribution in [2.45, 2.75) is 26.2 Å². The zero-order chi connectivity index (χ0) is 12.3. The van der Waals surface area contributed by atoms with Crippen molar-refractivity contribution in [1.82, 2.24) is 4.98 Å². The summed E-state index contributed by atoms with van der Waals surface area (Å²) in [5.41, 5.74) is 2.28. The second kappa shape index (κ2) is 5.04. The number of hydrogen-bond donors (Lipinski definition) is 1. The molecule has 2 rings (SSSR count). The Kier molecular flexibility index (Phi) is 3.47. The Morgan fingerprint density at radius 2 is 2.18 bits per heavy atom. The van der Waals surface area contributed by atoms with Crippen LogP contribution in [0.15, 0.2) is 30.5 Å². The first-order valence-electron chi connectivity index (χ1n) is 5.98. The third-order valence-electron chi connectivity index (χ3n) is 3.26. The average molecular weight is 230 g/mol. The quantitative estimate of drug-likeness (QED) is 0.852. The van der Waals surface area contributed by atoms with E-state index in [9.17, 15) is 9.90 Å². The van der Waals surface area contributed by atoms with E-state index in [0.717, 1.165) is 11.9 Å². The van der Waals surface area contributed by atoms with Crippen LogP contribution in [0, 0.1) is 5.92 Å². The Morgan fingerprint density at radius 1 is 1.41 bits per heavy atom. The minimum absolute atomic E-state index is 0.344. The molecule has 0 saturated carbocycles. The fourth-order valence-electron chi connectivity index (χ4n) is 2.16. The van der Waals surface area contributed by atoms with Gasteiger partial charge in [-0.05, 0) is 36.8 Å². The SMILES string of the molecule is CCC(CCc1c[nH]c2ccccc12)C(=O)[O-]. The van der Waals surface area contributed by atoms with Crippen molar-refractivity contribution >= 4 is 16.9 Å². The van der Waals surface area contributed by atoms with Crippen molar-refractivity contribution in [3.63, 3.8) is 0 Å². The Hall–Kier alpha value is -1.77. The highest BCUT2D eigenvalue weighted by molar-refractivity contribution is 5.83. The van der Waals surface area contributed by atoms with Gasteiger partial charge in [0, 0.05) is 23.1 Å². The zero-order valence-electron chi connectivity index (χ0n) is 9.90. The first kappa shape index (κ1) is 11.7. The maximum atomic E-state index is 10.8. The van der Waals surface area contributed by atoms with Crippen LogP contribution in [0.2, 0.25) is 0 Å². The molecule has 0 aliphatic carbocycles. The first-order valence-corrected chi connectivity index (χ1v) is 5.98. The topological polar surface area (TPSA) is 55.9 Å². The summed E-state index contributed by atoms with van der Waals surface area (Å²) >= 11 is 0. The van der Waals surface area contributed by atoms with Gasteiger partial charge in [-0.2, -0.15) is 0 Å². The predicted octanol–water partition coefficient (Wildman–Crippen LogP) is 1.88. The van der Waals surface area contributed by atoms with Gasteiger partial charge in [0.05, 0.1) is 0 Å². The summed E-state index contributed by atoms with van der Waals surface area (Å²) in [6.45, 7) is 1.88. The van der Waals surface area contributed by atoms with Gasteiger partial charge in [0.1, 0.15) is 0 Å². The molecule has 1 unspecified atom stereocenters. The first-order chi connectivity index (χ1) is 8.22. The van der Waals surface area contributed by atoms with Crippen LogP contribution in [-0.2, 0) is 11.2 Å². The monoisotopic (exact) mass is 230 g/mol. The van der Waals surface area contributed by atoms with Gasteiger partial charge in [-0.15, -0.1) is 0 Å². The Labute approximate surface area is 100 Å². The molecule has 0 fully saturated rings. The number of aromatic amines is 1. The molecule has 0 amide bonds. The summed E-state index contributed by atoms with van der Waals surface area (Å²) < 4.78 is 0. The van der Waals surface area contributed by atoms with Crippen molar-refractivity contribution in [2.75, 3.05) is 0 Å². The summed E-state index contributed by atoms with van der Waals surface area (Å²) in [5.74, 6) is -1.28. The van der Waals surface area contributed by atoms with Gasteiger partial charge in [0.25, 0.3) is 0 Å². The summed E-state index contributed by atoms with van der Waals surface area (Å²) in [5, 5.41) is 12.0. The smallest absolute Gasteiger partial charge is 0.0456 e. The summed E-state index contributed by atoms with van der Waals surface area (Å²) in [7, 11) is 0. The number of aryl methyl sites for hydroxylation is 1.